The molecule has 3 N–H and O–H groups in total. The summed E-state index contributed by atoms with van der Waals surface area (Å²) in [6, 6.07) is 0. The van der Waals surface area contributed by atoms with E-state index in [1.165, 1.54) is 7.11 Å². The van der Waals surface area contributed by atoms with Crippen LogP contribution in [0.3, 0.4) is 0 Å². The number of aromatic hydroxyl groups is 2. The molecule has 1 atom stereocenters. The van der Waals surface area contributed by atoms with Crippen LogP contribution in [0, 0.1) is 0 Å². The summed E-state index contributed by atoms with van der Waals surface area (Å²) >= 11 is 0. The van der Waals surface area contributed by atoms with Gasteiger partial charge in [0.25, 0.3) is 0 Å². The van der Waals surface area contributed by atoms with Crippen molar-refractivity contribution in [3.8, 4) is 11.5 Å². The predicted octanol–water partition coefficient (Wildman–Crippen LogP) is 1.85. The lowest BCUT2D eigenvalue weighted by molar-refractivity contribution is 0.0910. The second-order valence-electron chi connectivity index (χ2n) is 5.39. The Balaban J connectivity index is 2.40. The van der Waals surface area contributed by atoms with Crippen molar-refractivity contribution in [2.45, 2.75) is 19.4 Å². The van der Waals surface area contributed by atoms with Crippen LogP contribution in [0.15, 0.2) is 17.4 Å². The van der Waals surface area contributed by atoms with Crippen LogP contribution in [-0.4, -0.2) is 34.0 Å². The lowest BCUT2D eigenvalue weighted by Gasteiger charge is -2.26. The first-order valence-corrected chi connectivity index (χ1v) is 6.68. The predicted molar refractivity (Wildman–Crippen MR) is 76.8 cm³/mol. The maximum Gasteiger partial charge on any atom is 0.232 e. The van der Waals surface area contributed by atoms with Crippen LogP contribution in [-0.2, 0) is 4.74 Å². The molecule has 0 fully saturated rings. The van der Waals surface area contributed by atoms with Crippen LogP contribution in [0.1, 0.15) is 51.3 Å². The summed E-state index contributed by atoms with van der Waals surface area (Å²) in [6.45, 7) is 1.76. The van der Waals surface area contributed by atoms with Gasteiger partial charge in [-0.25, -0.2) is 0 Å². The second kappa shape index (κ2) is 4.71. The molecule has 0 amide bonds. The lowest BCUT2D eigenvalue weighted by atomic mass is 9.81. The normalized spacial score (nSPS) is 20.0. The highest BCUT2D eigenvalue weighted by atomic mass is 16.5. The van der Waals surface area contributed by atoms with Crippen molar-refractivity contribution in [2.75, 3.05) is 7.11 Å². The molecule has 22 heavy (non-hydrogen) atoms. The minimum atomic E-state index is -1.05. The standard InChI is InChI=1S/C16H14O6/c1-6-3-7-11(8(17)4-6)16(21)12-9(18)5-10(22-2)15(20)13(12)14(7)19/h3,5,8,17,19,21H,4H2,1-2H3. The Labute approximate surface area is 126 Å². The van der Waals surface area contributed by atoms with Crippen molar-refractivity contribution in [1.29, 1.82) is 0 Å². The van der Waals surface area contributed by atoms with E-state index in [1.54, 1.807) is 13.0 Å². The SMILES string of the molecule is COC1=CC(=O)c2c(O)c3c(c(O)c2C1=O)C=C(C)CC3O. The number of ketones is 2. The molecule has 6 heteroatoms. The van der Waals surface area contributed by atoms with Crippen molar-refractivity contribution in [3.05, 3.63) is 39.7 Å². The number of carbonyl (C=O) groups is 2. The summed E-state index contributed by atoms with van der Waals surface area (Å²) in [4.78, 5) is 24.5. The minimum absolute atomic E-state index is 0.0669. The van der Waals surface area contributed by atoms with Gasteiger partial charge in [-0.1, -0.05) is 11.6 Å². The zero-order valence-corrected chi connectivity index (χ0v) is 12.0. The number of hydrogen-bond acceptors (Lipinski definition) is 6. The van der Waals surface area contributed by atoms with Crippen molar-refractivity contribution in [3.63, 3.8) is 0 Å². The van der Waals surface area contributed by atoms with Gasteiger partial charge >= 0.3 is 0 Å². The summed E-state index contributed by atoms with van der Waals surface area (Å²) in [5.41, 5.74) is 0.419. The Morgan fingerprint density at radius 2 is 1.82 bits per heavy atom. The number of benzene rings is 1. The average molecular weight is 302 g/mol. The number of phenols is 2. The molecule has 1 aromatic carbocycles. The highest BCUT2D eigenvalue weighted by Crippen LogP contribution is 2.47. The summed E-state index contributed by atoms with van der Waals surface area (Å²) in [5.74, 6) is -2.44. The Morgan fingerprint density at radius 3 is 2.45 bits per heavy atom. The molecule has 0 spiro atoms. The highest BCUT2D eigenvalue weighted by Gasteiger charge is 2.37. The molecule has 0 bridgehead atoms. The first-order chi connectivity index (χ1) is 10.4. The molecule has 3 rings (SSSR count). The summed E-state index contributed by atoms with van der Waals surface area (Å²) < 4.78 is 4.85. The molecule has 0 aromatic heterocycles. The number of allylic oxidation sites excluding steroid dienone is 2. The number of aliphatic hydroxyl groups is 1. The number of hydrogen-bond donors (Lipinski definition) is 3. The molecule has 0 heterocycles. The maximum atomic E-state index is 12.3. The molecule has 0 saturated carbocycles. The van der Waals surface area contributed by atoms with Crippen molar-refractivity contribution in [1.82, 2.24) is 0 Å². The van der Waals surface area contributed by atoms with Crippen LogP contribution in [0.2, 0.25) is 0 Å². The van der Waals surface area contributed by atoms with Gasteiger partial charge in [0.2, 0.25) is 5.78 Å². The van der Waals surface area contributed by atoms with Crippen LogP contribution < -0.4 is 0 Å². The summed E-state index contributed by atoms with van der Waals surface area (Å²) in [5, 5.41) is 30.9. The number of rotatable bonds is 1. The average Bonchev–Trinajstić information content (AvgIpc) is 2.45. The molecule has 114 valence electrons. The molecule has 1 unspecified atom stereocenters. The number of methoxy groups -OCH3 is 1. The Hall–Kier alpha value is -2.60. The van der Waals surface area contributed by atoms with Gasteiger partial charge in [0.15, 0.2) is 11.5 Å². The molecular formula is C16H14O6. The molecule has 0 saturated heterocycles. The van der Waals surface area contributed by atoms with E-state index in [9.17, 15) is 24.9 Å². The van der Waals surface area contributed by atoms with E-state index >= 15 is 0 Å². The quantitative estimate of drug-likeness (QED) is 0.684. The van der Waals surface area contributed by atoms with E-state index in [-0.39, 0.29) is 34.4 Å². The number of Topliss-reactive ketones (excluding diaryl/α,β-unsaturated/α-hetero) is 1. The van der Waals surface area contributed by atoms with E-state index in [0.717, 1.165) is 11.6 Å². The van der Waals surface area contributed by atoms with E-state index in [1.807, 2.05) is 0 Å². The number of fused-ring (bicyclic) bond motifs is 2. The first-order valence-electron chi connectivity index (χ1n) is 6.68. The van der Waals surface area contributed by atoms with Gasteiger partial charge in [-0.15, -0.1) is 0 Å². The van der Waals surface area contributed by atoms with Gasteiger partial charge in [-0.3, -0.25) is 9.59 Å². The van der Waals surface area contributed by atoms with Crippen LogP contribution >= 0.6 is 0 Å². The van der Waals surface area contributed by atoms with Crippen molar-refractivity contribution in [2.24, 2.45) is 0 Å². The van der Waals surface area contributed by atoms with E-state index in [2.05, 4.69) is 0 Å². The smallest absolute Gasteiger partial charge is 0.232 e. The van der Waals surface area contributed by atoms with Gasteiger partial charge in [0.1, 0.15) is 11.5 Å². The topological polar surface area (TPSA) is 104 Å². The molecule has 6 nitrogen and oxygen atoms in total. The monoisotopic (exact) mass is 302 g/mol. The molecule has 0 radical (unpaired) electrons. The molecule has 2 aliphatic carbocycles. The third-order valence-corrected chi connectivity index (χ3v) is 3.94. The summed E-state index contributed by atoms with van der Waals surface area (Å²) in [7, 11) is 1.24. The number of ether oxygens (including phenoxy) is 1. The van der Waals surface area contributed by atoms with Crippen LogP contribution in [0.5, 0.6) is 11.5 Å². The Morgan fingerprint density at radius 1 is 1.14 bits per heavy atom. The fraction of sp³-hybridized carbons (Fsp3) is 0.250. The highest BCUT2D eigenvalue weighted by molar-refractivity contribution is 6.26. The largest absolute Gasteiger partial charge is 0.507 e. The van der Waals surface area contributed by atoms with Gasteiger partial charge in [-0.2, -0.15) is 0 Å². The minimum Gasteiger partial charge on any atom is -0.507 e. The fourth-order valence-corrected chi connectivity index (χ4v) is 2.95. The summed E-state index contributed by atoms with van der Waals surface area (Å²) in [6.07, 6.45) is 1.78. The first kappa shape index (κ1) is 14.3. The van der Waals surface area contributed by atoms with E-state index in [0.29, 0.717) is 0 Å². The van der Waals surface area contributed by atoms with E-state index < -0.39 is 29.2 Å². The Kier molecular flexibility index (Phi) is 3.07. The third-order valence-electron chi connectivity index (χ3n) is 3.94. The third kappa shape index (κ3) is 1.77. The number of phenolic OH excluding ortho intramolecular Hbond substituents is 2. The molecule has 2 aliphatic rings. The van der Waals surface area contributed by atoms with Gasteiger partial charge in [0.05, 0.1) is 24.3 Å². The number of aliphatic hydroxyl groups excluding tert-OH is 1. The number of carbonyl (C=O) groups excluding carboxylic acids is 2. The van der Waals surface area contributed by atoms with Gasteiger partial charge < -0.3 is 20.1 Å². The van der Waals surface area contributed by atoms with E-state index in [4.69, 9.17) is 4.74 Å². The zero-order valence-electron chi connectivity index (χ0n) is 12.0. The lowest BCUT2D eigenvalue weighted by Crippen LogP contribution is -2.21. The molecule has 1 aromatic rings. The molecule has 0 aliphatic heterocycles. The van der Waals surface area contributed by atoms with Gasteiger partial charge in [-0.05, 0) is 13.3 Å². The van der Waals surface area contributed by atoms with Crippen molar-refractivity contribution < 1.29 is 29.6 Å². The zero-order chi connectivity index (χ0) is 16.2. The Bertz CT molecular complexity index is 785. The van der Waals surface area contributed by atoms with Crippen LogP contribution in [0.4, 0.5) is 0 Å². The fourth-order valence-electron chi connectivity index (χ4n) is 2.95. The van der Waals surface area contributed by atoms with Gasteiger partial charge in [0, 0.05) is 17.2 Å². The van der Waals surface area contributed by atoms with Crippen LogP contribution in [0.25, 0.3) is 6.08 Å². The molecular weight excluding hydrogens is 288 g/mol. The second-order valence-corrected chi connectivity index (χ2v) is 5.39. The maximum absolute atomic E-state index is 12.3. The van der Waals surface area contributed by atoms with Crippen molar-refractivity contribution >= 4 is 17.6 Å².